The van der Waals surface area contributed by atoms with Gasteiger partial charge in [0.2, 0.25) is 0 Å². The Morgan fingerprint density at radius 3 is 2.61 bits per heavy atom. The van der Waals surface area contributed by atoms with Crippen molar-refractivity contribution in [2.24, 2.45) is 5.10 Å². The van der Waals surface area contributed by atoms with Crippen LogP contribution in [0.3, 0.4) is 0 Å². The number of thiophene rings is 1. The van der Waals surface area contributed by atoms with E-state index in [1.165, 1.54) is 27.0 Å². The van der Waals surface area contributed by atoms with Crippen molar-refractivity contribution >= 4 is 84.4 Å². The summed E-state index contributed by atoms with van der Waals surface area (Å²) in [6.45, 7) is 0.481. The summed E-state index contributed by atoms with van der Waals surface area (Å²) in [5.41, 5.74) is 4.40. The van der Waals surface area contributed by atoms with E-state index in [1.54, 1.807) is 18.3 Å². The first-order chi connectivity index (χ1) is 15.9. The number of nitrogens with zero attached hydrogens (tertiary/aromatic N) is 2. The van der Waals surface area contributed by atoms with Gasteiger partial charge >= 0.3 is 0 Å². The maximum absolute atomic E-state index is 12.4. The molecule has 166 valence electrons. The Hall–Kier alpha value is -2.58. The number of carbonyl (C=O) groups is 1. The monoisotopic (exact) mass is 683 g/mol. The molecule has 0 saturated carbocycles. The highest BCUT2D eigenvalue weighted by molar-refractivity contribution is 14.1. The lowest BCUT2D eigenvalue weighted by atomic mass is 10.2. The number of amides is 1. The van der Waals surface area contributed by atoms with Gasteiger partial charge in [0, 0.05) is 25.8 Å². The second kappa shape index (κ2) is 10.6. The molecule has 0 atom stereocenters. The smallest absolute Gasteiger partial charge is 0.281 e. The molecule has 0 spiro atoms. The van der Waals surface area contributed by atoms with Crippen molar-refractivity contribution in [3.8, 4) is 5.75 Å². The van der Waals surface area contributed by atoms with Gasteiger partial charge in [-0.3, -0.25) is 14.9 Å². The number of carbonyl (C=O) groups excluding carboxylic acids is 1. The van der Waals surface area contributed by atoms with Crippen molar-refractivity contribution in [3.05, 3.63) is 100.0 Å². The van der Waals surface area contributed by atoms with Crippen LogP contribution in [0.4, 0.5) is 5.69 Å². The average Bonchev–Trinajstić information content (AvgIpc) is 3.23. The second-order valence-electron chi connectivity index (χ2n) is 6.89. The van der Waals surface area contributed by atoms with E-state index in [1.807, 2.05) is 42.5 Å². The molecule has 1 amide bonds. The molecule has 3 aromatic carbocycles. The Morgan fingerprint density at radius 2 is 1.88 bits per heavy atom. The third-order valence-electron chi connectivity index (χ3n) is 4.58. The van der Waals surface area contributed by atoms with Crippen molar-refractivity contribution in [1.82, 2.24) is 5.43 Å². The highest BCUT2D eigenvalue weighted by Gasteiger charge is 2.13. The number of nitro groups is 1. The summed E-state index contributed by atoms with van der Waals surface area (Å²) >= 11 is 5.72. The largest absolute Gasteiger partial charge is 0.488 e. The molecule has 10 heteroatoms. The van der Waals surface area contributed by atoms with E-state index in [0.717, 1.165) is 25.1 Å². The lowest BCUT2D eigenvalue weighted by molar-refractivity contribution is -0.384. The molecule has 33 heavy (non-hydrogen) atoms. The molecule has 0 unspecified atom stereocenters. The van der Waals surface area contributed by atoms with Gasteiger partial charge in [-0.2, -0.15) is 5.10 Å². The summed E-state index contributed by atoms with van der Waals surface area (Å²) in [7, 11) is 0. The van der Waals surface area contributed by atoms with Gasteiger partial charge in [0.25, 0.3) is 11.6 Å². The molecule has 1 heterocycles. The summed E-state index contributed by atoms with van der Waals surface area (Å²) in [4.78, 5) is 23.3. The molecule has 1 N–H and O–H groups in total. The summed E-state index contributed by atoms with van der Waals surface area (Å²) in [5.74, 6) is 0.400. The number of benzene rings is 3. The number of rotatable bonds is 7. The molecule has 0 aliphatic rings. The quantitative estimate of drug-likeness (QED) is 0.106. The van der Waals surface area contributed by atoms with Crippen LogP contribution in [-0.2, 0) is 6.61 Å². The minimum atomic E-state index is -0.457. The SMILES string of the molecule is O=C(N/N=C\c1ccc(OCc2ccc(I)cc2)c(I)c1)c1cc2cc([N+](=O)[O-])ccc2s1. The number of hydrazone groups is 1. The fourth-order valence-corrected chi connectivity index (χ4v) is 4.92. The Kier molecular flexibility index (Phi) is 7.55. The van der Waals surface area contributed by atoms with Crippen LogP contribution in [0.15, 0.2) is 71.8 Å². The maximum Gasteiger partial charge on any atom is 0.281 e. The molecule has 4 aromatic rings. The number of nitrogens with one attached hydrogen (secondary N) is 1. The van der Waals surface area contributed by atoms with E-state index in [9.17, 15) is 14.9 Å². The zero-order valence-electron chi connectivity index (χ0n) is 16.8. The van der Waals surface area contributed by atoms with Gasteiger partial charge in [0.15, 0.2) is 0 Å². The van der Waals surface area contributed by atoms with Crippen molar-refractivity contribution < 1.29 is 14.5 Å². The average molecular weight is 683 g/mol. The third-order valence-corrected chi connectivity index (χ3v) is 7.25. The molecule has 0 aliphatic heterocycles. The van der Waals surface area contributed by atoms with E-state index in [0.29, 0.717) is 16.9 Å². The van der Waals surface area contributed by atoms with Gasteiger partial charge in [-0.1, -0.05) is 12.1 Å². The highest BCUT2D eigenvalue weighted by atomic mass is 127. The minimum Gasteiger partial charge on any atom is -0.488 e. The number of nitro benzene ring substituents is 1. The van der Waals surface area contributed by atoms with Gasteiger partial charge in [-0.05, 0) is 98.8 Å². The molecule has 4 rings (SSSR count). The fraction of sp³-hybridized carbons (Fsp3) is 0.0435. The second-order valence-corrected chi connectivity index (χ2v) is 10.4. The normalized spacial score (nSPS) is 11.1. The third kappa shape index (κ3) is 6.06. The van der Waals surface area contributed by atoms with E-state index in [2.05, 4.69) is 55.7 Å². The predicted octanol–water partition coefficient (Wildman–Crippen LogP) is 6.36. The molecule has 0 saturated heterocycles. The molecule has 7 nitrogen and oxygen atoms in total. The Labute approximate surface area is 220 Å². The molecular formula is C23H15I2N3O4S. The van der Waals surface area contributed by atoms with Crippen LogP contribution in [-0.4, -0.2) is 17.0 Å². The van der Waals surface area contributed by atoms with Crippen LogP contribution in [0.5, 0.6) is 5.75 Å². The number of ether oxygens (including phenoxy) is 1. The minimum absolute atomic E-state index is 0.00847. The summed E-state index contributed by atoms with van der Waals surface area (Å²) < 4.78 is 8.81. The lowest BCUT2D eigenvalue weighted by Gasteiger charge is -2.09. The van der Waals surface area contributed by atoms with Crippen LogP contribution < -0.4 is 10.2 Å². The standard InChI is InChI=1S/C23H15I2N3O4S/c24-17-4-1-14(2-5-17)13-32-20-7-3-15(9-19(20)25)12-26-27-23(29)22-11-16-10-18(28(30)31)6-8-21(16)33-22/h1-12H,13H2,(H,27,29)/b26-12-. The van der Waals surface area contributed by atoms with Gasteiger partial charge in [-0.15, -0.1) is 11.3 Å². The maximum atomic E-state index is 12.4. The summed E-state index contributed by atoms with van der Waals surface area (Å²) in [5, 5.41) is 15.6. The molecule has 0 aliphatic carbocycles. The first kappa shape index (κ1) is 23.6. The van der Waals surface area contributed by atoms with Crippen LogP contribution in [0.25, 0.3) is 10.1 Å². The fourth-order valence-electron chi connectivity index (χ4n) is 2.93. The lowest BCUT2D eigenvalue weighted by Crippen LogP contribution is -2.16. The number of fused-ring (bicyclic) bond motifs is 1. The van der Waals surface area contributed by atoms with E-state index in [-0.39, 0.29) is 11.6 Å². The Morgan fingerprint density at radius 1 is 1.09 bits per heavy atom. The number of hydrogen-bond donors (Lipinski definition) is 1. The Bertz CT molecular complexity index is 1370. The summed E-state index contributed by atoms with van der Waals surface area (Å²) in [6, 6.07) is 20.0. The molecule has 1 aromatic heterocycles. The van der Waals surface area contributed by atoms with E-state index in [4.69, 9.17) is 4.74 Å². The zero-order valence-corrected chi connectivity index (χ0v) is 22.0. The number of hydrogen-bond acceptors (Lipinski definition) is 6. The summed E-state index contributed by atoms with van der Waals surface area (Å²) in [6.07, 6.45) is 1.56. The van der Waals surface area contributed by atoms with Crippen molar-refractivity contribution in [1.29, 1.82) is 0 Å². The van der Waals surface area contributed by atoms with Gasteiger partial charge in [0.05, 0.1) is 19.6 Å². The van der Waals surface area contributed by atoms with E-state index < -0.39 is 4.92 Å². The van der Waals surface area contributed by atoms with Crippen LogP contribution in [0.2, 0.25) is 0 Å². The van der Waals surface area contributed by atoms with Crippen LogP contribution in [0, 0.1) is 17.3 Å². The predicted molar refractivity (Wildman–Crippen MR) is 146 cm³/mol. The molecule has 0 fully saturated rings. The van der Waals surface area contributed by atoms with Gasteiger partial charge < -0.3 is 4.74 Å². The molecule has 0 radical (unpaired) electrons. The highest BCUT2D eigenvalue weighted by Crippen LogP contribution is 2.29. The van der Waals surface area contributed by atoms with Gasteiger partial charge in [-0.25, -0.2) is 5.43 Å². The van der Waals surface area contributed by atoms with Crippen molar-refractivity contribution in [2.45, 2.75) is 6.61 Å². The topological polar surface area (TPSA) is 93.8 Å². The first-order valence-electron chi connectivity index (χ1n) is 9.57. The first-order valence-corrected chi connectivity index (χ1v) is 12.5. The van der Waals surface area contributed by atoms with E-state index >= 15 is 0 Å². The number of halogens is 2. The number of non-ortho nitro benzene ring substituents is 1. The molecule has 0 bridgehead atoms. The zero-order chi connectivity index (χ0) is 23.4. The molecular weight excluding hydrogens is 668 g/mol. The van der Waals surface area contributed by atoms with Crippen LogP contribution in [0.1, 0.15) is 20.8 Å². The van der Waals surface area contributed by atoms with Crippen molar-refractivity contribution in [2.75, 3.05) is 0 Å². The van der Waals surface area contributed by atoms with Crippen molar-refractivity contribution in [3.63, 3.8) is 0 Å². The van der Waals surface area contributed by atoms with Gasteiger partial charge in [0.1, 0.15) is 12.4 Å². The Balaban J connectivity index is 1.37. The van der Waals surface area contributed by atoms with Crippen LogP contribution >= 0.6 is 56.5 Å².